The third-order valence-electron chi connectivity index (χ3n) is 5.17. The number of carbonyl (C=O) groups excluding carboxylic acids is 1. The van der Waals surface area contributed by atoms with Crippen LogP contribution >= 0.6 is 0 Å². The quantitative estimate of drug-likeness (QED) is 0.782. The fourth-order valence-electron chi connectivity index (χ4n) is 3.87. The van der Waals surface area contributed by atoms with Gasteiger partial charge in [0.05, 0.1) is 12.6 Å². The summed E-state index contributed by atoms with van der Waals surface area (Å²) in [6.07, 6.45) is 1.66. The molecular weight excluding hydrogens is 398 g/mol. The van der Waals surface area contributed by atoms with Crippen LogP contribution in [0.15, 0.2) is 27.6 Å². The number of aromatic nitrogens is 1. The van der Waals surface area contributed by atoms with Gasteiger partial charge in [0.15, 0.2) is 17.3 Å². The van der Waals surface area contributed by atoms with E-state index in [-0.39, 0.29) is 34.8 Å². The van der Waals surface area contributed by atoms with Gasteiger partial charge in [0.1, 0.15) is 23.8 Å². The van der Waals surface area contributed by atoms with Crippen molar-refractivity contribution in [3.05, 3.63) is 35.2 Å². The second-order valence-electron chi connectivity index (χ2n) is 7.13. The van der Waals surface area contributed by atoms with Crippen molar-refractivity contribution in [1.29, 1.82) is 0 Å². The average Bonchev–Trinajstić information content (AvgIpc) is 3.32. The lowest BCUT2D eigenvalue weighted by atomic mass is 10.0. The standard InChI is InChI=1S/C19H23N3O6S/c1-12-19(13(2)28-21-12)29(24,25)20-11-18(23)22-7-3-4-15(22)14-5-6-16-17(10-14)27-9-8-26-16/h5-6,10,15,20H,3-4,7-9,11H2,1-2H3/t15-/m0/s1. The normalized spacial score (nSPS) is 18.8. The van der Waals surface area contributed by atoms with E-state index in [0.29, 0.717) is 31.3 Å². The molecule has 0 bridgehead atoms. The van der Waals surface area contributed by atoms with E-state index in [2.05, 4.69) is 9.88 Å². The zero-order valence-electron chi connectivity index (χ0n) is 16.3. The highest BCUT2D eigenvalue weighted by atomic mass is 32.2. The van der Waals surface area contributed by atoms with Crippen LogP contribution in [0, 0.1) is 13.8 Å². The summed E-state index contributed by atoms with van der Waals surface area (Å²) in [7, 11) is -3.89. The van der Waals surface area contributed by atoms with Crippen molar-refractivity contribution in [2.24, 2.45) is 0 Å². The number of hydrogen-bond donors (Lipinski definition) is 1. The van der Waals surface area contributed by atoms with E-state index in [1.165, 1.54) is 6.92 Å². The predicted octanol–water partition coefficient (Wildman–Crippen LogP) is 1.70. The monoisotopic (exact) mass is 421 g/mol. The molecule has 2 aromatic rings. The van der Waals surface area contributed by atoms with E-state index in [0.717, 1.165) is 18.4 Å². The minimum atomic E-state index is -3.89. The van der Waals surface area contributed by atoms with Crippen molar-refractivity contribution in [2.75, 3.05) is 26.3 Å². The van der Waals surface area contributed by atoms with Crippen LogP contribution in [0.4, 0.5) is 0 Å². The Balaban J connectivity index is 1.47. The van der Waals surface area contributed by atoms with Crippen molar-refractivity contribution < 1.29 is 27.2 Å². The van der Waals surface area contributed by atoms with Gasteiger partial charge in [0, 0.05) is 6.54 Å². The Bertz CT molecular complexity index is 1010. The highest BCUT2D eigenvalue weighted by Crippen LogP contribution is 2.38. The molecule has 0 aliphatic carbocycles. The van der Waals surface area contributed by atoms with Crippen molar-refractivity contribution in [3.8, 4) is 11.5 Å². The molecule has 1 atom stereocenters. The molecule has 2 aliphatic heterocycles. The van der Waals surface area contributed by atoms with E-state index in [1.807, 2.05) is 18.2 Å². The van der Waals surface area contributed by atoms with Crippen molar-refractivity contribution in [3.63, 3.8) is 0 Å². The van der Waals surface area contributed by atoms with Crippen molar-refractivity contribution in [2.45, 2.75) is 37.6 Å². The molecule has 10 heteroatoms. The number of rotatable bonds is 5. The zero-order valence-corrected chi connectivity index (χ0v) is 17.1. The summed E-state index contributed by atoms with van der Waals surface area (Å²) < 4.78 is 43.6. The lowest BCUT2D eigenvalue weighted by Gasteiger charge is -2.27. The third-order valence-corrected chi connectivity index (χ3v) is 6.82. The summed E-state index contributed by atoms with van der Waals surface area (Å²) in [6, 6.07) is 5.56. The van der Waals surface area contributed by atoms with Gasteiger partial charge in [-0.15, -0.1) is 0 Å². The van der Waals surface area contributed by atoms with Gasteiger partial charge in [-0.3, -0.25) is 4.79 Å². The molecule has 2 aliphatic rings. The van der Waals surface area contributed by atoms with E-state index in [4.69, 9.17) is 14.0 Å². The Morgan fingerprint density at radius 3 is 2.72 bits per heavy atom. The van der Waals surface area contributed by atoms with Gasteiger partial charge in [-0.2, -0.15) is 0 Å². The van der Waals surface area contributed by atoms with Crippen LogP contribution < -0.4 is 14.2 Å². The first-order valence-electron chi connectivity index (χ1n) is 9.48. The first kappa shape index (κ1) is 19.7. The van der Waals surface area contributed by atoms with E-state index < -0.39 is 10.0 Å². The number of sulfonamides is 1. The van der Waals surface area contributed by atoms with Gasteiger partial charge in [-0.25, -0.2) is 13.1 Å². The number of hydrogen-bond acceptors (Lipinski definition) is 7. The maximum Gasteiger partial charge on any atom is 0.246 e. The maximum absolute atomic E-state index is 12.8. The molecule has 1 aromatic carbocycles. The molecule has 4 rings (SSSR count). The molecule has 29 heavy (non-hydrogen) atoms. The lowest BCUT2D eigenvalue weighted by Crippen LogP contribution is -2.40. The Labute approximate surface area is 169 Å². The van der Waals surface area contributed by atoms with Crippen LogP contribution in [0.2, 0.25) is 0 Å². The summed E-state index contributed by atoms with van der Waals surface area (Å²) in [6.45, 7) is 4.33. The van der Waals surface area contributed by atoms with Gasteiger partial charge in [-0.05, 0) is 44.4 Å². The Morgan fingerprint density at radius 1 is 1.24 bits per heavy atom. The number of nitrogens with one attached hydrogen (secondary N) is 1. The smallest absolute Gasteiger partial charge is 0.246 e. The van der Waals surface area contributed by atoms with Crippen molar-refractivity contribution in [1.82, 2.24) is 14.8 Å². The number of fused-ring (bicyclic) bond motifs is 1. The highest BCUT2D eigenvalue weighted by Gasteiger charge is 2.32. The third kappa shape index (κ3) is 3.82. The second kappa shape index (κ2) is 7.68. The Morgan fingerprint density at radius 2 is 2.00 bits per heavy atom. The number of amides is 1. The number of benzene rings is 1. The van der Waals surface area contributed by atoms with Gasteiger partial charge in [-0.1, -0.05) is 11.2 Å². The largest absolute Gasteiger partial charge is 0.486 e. The zero-order chi connectivity index (χ0) is 20.6. The molecule has 9 nitrogen and oxygen atoms in total. The molecule has 0 saturated carbocycles. The molecule has 3 heterocycles. The molecular formula is C19H23N3O6S. The first-order chi connectivity index (χ1) is 13.9. The van der Waals surface area contributed by atoms with Crippen LogP contribution in [0.5, 0.6) is 11.5 Å². The maximum atomic E-state index is 12.8. The molecule has 1 aromatic heterocycles. The van der Waals surface area contributed by atoms with Gasteiger partial charge >= 0.3 is 0 Å². The van der Waals surface area contributed by atoms with Gasteiger partial charge in [0.25, 0.3) is 0 Å². The molecule has 0 spiro atoms. The second-order valence-corrected chi connectivity index (χ2v) is 8.83. The molecule has 0 unspecified atom stereocenters. The fourth-order valence-corrected chi connectivity index (χ4v) is 5.17. The number of likely N-dealkylation sites (tertiary alicyclic amines) is 1. The first-order valence-corrected chi connectivity index (χ1v) is 11.0. The van der Waals surface area contributed by atoms with Gasteiger partial charge < -0.3 is 18.9 Å². The predicted molar refractivity (Wildman–Crippen MR) is 102 cm³/mol. The Hall–Kier alpha value is -2.59. The minimum absolute atomic E-state index is 0.0184. The molecule has 1 amide bonds. The fraction of sp³-hybridized carbons (Fsp3) is 0.474. The number of nitrogens with zero attached hydrogens (tertiary/aromatic N) is 2. The summed E-state index contributed by atoms with van der Waals surface area (Å²) >= 11 is 0. The van der Waals surface area contributed by atoms with E-state index in [9.17, 15) is 13.2 Å². The Kier molecular flexibility index (Phi) is 5.22. The summed E-state index contributed by atoms with van der Waals surface area (Å²) in [5, 5.41) is 3.66. The lowest BCUT2D eigenvalue weighted by molar-refractivity contribution is -0.130. The summed E-state index contributed by atoms with van der Waals surface area (Å²) in [5.41, 5.74) is 1.21. The minimum Gasteiger partial charge on any atom is -0.486 e. The molecule has 1 N–H and O–H groups in total. The van der Waals surface area contributed by atoms with Crippen LogP contribution in [-0.2, 0) is 14.8 Å². The van der Waals surface area contributed by atoms with E-state index in [1.54, 1.807) is 11.8 Å². The molecule has 156 valence electrons. The SMILES string of the molecule is Cc1noc(C)c1S(=O)(=O)NCC(=O)N1CCC[C@H]1c1ccc2c(c1)OCCO2. The average molecular weight is 421 g/mol. The van der Waals surface area contributed by atoms with Gasteiger partial charge in [0.2, 0.25) is 15.9 Å². The number of ether oxygens (including phenoxy) is 2. The van der Waals surface area contributed by atoms with Crippen LogP contribution in [0.25, 0.3) is 0 Å². The van der Waals surface area contributed by atoms with Crippen LogP contribution in [0.3, 0.4) is 0 Å². The molecule has 1 saturated heterocycles. The number of carbonyl (C=O) groups is 1. The number of aryl methyl sites for hydroxylation is 2. The summed E-state index contributed by atoms with van der Waals surface area (Å²) in [5.74, 6) is 1.28. The van der Waals surface area contributed by atoms with Crippen LogP contribution in [-0.4, -0.2) is 50.7 Å². The van der Waals surface area contributed by atoms with Crippen LogP contribution in [0.1, 0.15) is 35.9 Å². The topological polar surface area (TPSA) is 111 Å². The van der Waals surface area contributed by atoms with Crippen molar-refractivity contribution >= 4 is 15.9 Å². The molecule has 0 radical (unpaired) electrons. The van der Waals surface area contributed by atoms with E-state index >= 15 is 0 Å². The molecule has 1 fully saturated rings. The summed E-state index contributed by atoms with van der Waals surface area (Å²) in [4.78, 5) is 14.5. The highest BCUT2D eigenvalue weighted by molar-refractivity contribution is 7.89.